The third-order valence-electron chi connectivity index (χ3n) is 3.88. The molecule has 3 nitrogen and oxygen atoms in total. The molecule has 0 saturated carbocycles. The summed E-state index contributed by atoms with van der Waals surface area (Å²) >= 11 is 11.9. The van der Waals surface area contributed by atoms with Gasteiger partial charge in [0.05, 0.1) is 5.02 Å². The molecule has 2 heterocycles. The van der Waals surface area contributed by atoms with Crippen LogP contribution in [0.25, 0.3) is 0 Å². The van der Waals surface area contributed by atoms with E-state index in [0.717, 1.165) is 24.9 Å². The second-order valence-corrected chi connectivity index (χ2v) is 6.19. The molecule has 1 aromatic heterocycles. The highest BCUT2D eigenvalue weighted by molar-refractivity contribution is 6.34. The van der Waals surface area contributed by atoms with E-state index in [1.54, 1.807) is 12.3 Å². The molecule has 1 fully saturated rings. The molecule has 0 aliphatic carbocycles. The number of aromatic nitrogens is 1. The van der Waals surface area contributed by atoms with Gasteiger partial charge in [-0.3, -0.25) is 4.79 Å². The molecule has 0 spiro atoms. The minimum Gasteiger partial charge on any atom is -0.338 e. The van der Waals surface area contributed by atoms with Crippen LogP contribution in [0.2, 0.25) is 10.2 Å². The minimum atomic E-state index is 0.217. The molecule has 5 heteroatoms. The number of hydrogen-bond acceptors (Lipinski definition) is 2. The van der Waals surface area contributed by atoms with E-state index in [1.165, 1.54) is 12.8 Å². The Morgan fingerprint density at radius 3 is 2.90 bits per heavy atom. The van der Waals surface area contributed by atoms with E-state index in [0.29, 0.717) is 29.1 Å². The maximum atomic E-state index is 12.2. The summed E-state index contributed by atoms with van der Waals surface area (Å²) in [4.78, 5) is 18.1. The van der Waals surface area contributed by atoms with Crippen LogP contribution in [0.3, 0.4) is 0 Å². The zero-order valence-corrected chi connectivity index (χ0v) is 13.3. The summed E-state index contributed by atoms with van der Waals surface area (Å²) in [6, 6.07) is 1.63. The van der Waals surface area contributed by atoms with Gasteiger partial charge in [-0.2, -0.15) is 0 Å². The van der Waals surface area contributed by atoms with E-state index in [1.807, 2.05) is 4.90 Å². The predicted octanol–water partition coefficient (Wildman–Crippen LogP) is 4.32. The Morgan fingerprint density at radius 2 is 2.20 bits per heavy atom. The fourth-order valence-corrected chi connectivity index (χ4v) is 3.14. The third-order valence-corrected chi connectivity index (χ3v) is 4.44. The SMILES string of the molecule is CCCC1CCC(=O)N(Cc2cnc(Cl)cc2Cl)CC1. The van der Waals surface area contributed by atoms with Crippen molar-refractivity contribution in [2.75, 3.05) is 6.54 Å². The number of hydrogen-bond donors (Lipinski definition) is 0. The normalized spacial score (nSPS) is 20.1. The van der Waals surface area contributed by atoms with Crippen LogP contribution in [-0.4, -0.2) is 22.3 Å². The molecule has 1 amide bonds. The van der Waals surface area contributed by atoms with Crippen LogP contribution < -0.4 is 0 Å². The average molecular weight is 315 g/mol. The molecule has 1 saturated heterocycles. The van der Waals surface area contributed by atoms with Crippen LogP contribution in [0.5, 0.6) is 0 Å². The highest BCUT2D eigenvalue weighted by atomic mass is 35.5. The van der Waals surface area contributed by atoms with Crippen LogP contribution in [0.4, 0.5) is 0 Å². The molecule has 1 unspecified atom stereocenters. The largest absolute Gasteiger partial charge is 0.338 e. The number of carbonyl (C=O) groups is 1. The topological polar surface area (TPSA) is 33.2 Å². The van der Waals surface area contributed by atoms with Gasteiger partial charge in [-0.15, -0.1) is 0 Å². The summed E-state index contributed by atoms with van der Waals surface area (Å²) in [5.41, 5.74) is 0.860. The van der Waals surface area contributed by atoms with Crippen molar-refractivity contribution in [3.05, 3.63) is 28.0 Å². The van der Waals surface area contributed by atoms with Crippen molar-refractivity contribution in [2.24, 2.45) is 5.92 Å². The number of likely N-dealkylation sites (tertiary alicyclic amines) is 1. The van der Waals surface area contributed by atoms with E-state index in [9.17, 15) is 4.79 Å². The molecular weight excluding hydrogens is 295 g/mol. The first kappa shape index (κ1) is 15.6. The van der Waals surface area contributed by atoms with Crippen LogP contribution in [0.15, 0.2) is 12.3 Å². The molecule has 1 aliphatic rings. The first-order valence-electron chi connectivity index (χ1n) is 7.17. The lowest BCUT2D eigenvalue weighted by molar-refractivity contribution is -0.131. The zero-order chi connectivity index (χ0) is 14.5. The van der Waals surface area contributed by atoms with Crippen molar-refractivity contribution in [2.45, 2.75) is 45.6 Å². The Morgan fingerprint density at radius 1 is 1.40 bits per heavy atom. The number of halogens is 2. The molecule has 0 N–H and O–H groups in total. The van der Waals surface area contributed by atoms with Crippen molar-refractivity contribution >= 4 is 29.1 Å². The van der Waals surface area contributed by atoms with E-state index in [2.05, 4.69) is 11.9 Å². The summed E-state index contributed by atoms with van der Waals surface area (Å²) in [5, 5.41) is 0.955. The number of rotatable bonds is 4. The Hall–Kier alpha value is -0.800. The molecule has 1 aliphatic heterocycles. The third kappa shape index (κ3) is 4.10. The van der Waals surface area contributed by atoms with Gasteiger partial charge in [0.25, 0.3) is 0 Å². The van der Waals surface area contributed by atoms with Gasteiger partial charge in [-0.25, -0.2) is 4.98 Å². The van der Waals surface area contributed by atoms with Gasteiger partial charge in [0, 0.05) is 31.3 Å². The maximum Gasteiger partial charge on any atom is 0.222 e. The van der Waals surface area contributed by atoms with Gasteiger partial charge >= 0.3 is 0 Å². The fraction of sp³-hybridized carbons (Fsp3) is 0.600. The molecular formula is C15H20Cl2N2O. The van der Waals surface area contributed by atoms with E-state index < -0.39 is 0 Å². The monoisotopic (exact) mass is 314 g/mol. The van der Waals surface area contributed by atoms with E-state index >= 15 is 0 Å². The Labute approximate surface area is 130 Å². The molecule has 20 heavy (non-hydrogen) atoms. The summed E-state index contributed by atoms with van der Waals surface area (Å²) in [6.07, 6.45) is 6.79. The van der Waals surface area contributed by atoms with Crippen LogP contribution in [0, 0.1) is 5.92 Å². The number of nitrogens with zero attached hydrogens (tertiary/aromatic N) is 2. The van der Waals surface area contributed by atoms with Crippen LogP contribution in [0.1, 0.15) is 44.6 Å². The number of carbonyl (C=O) groups excluding carboxylic acids is 1. The number of pyridine rings is 1. The fourth-order valence-electron chi connectivity index (χ4n) is 2.72. The summed E-state index contributed by atoms with van der Waals surface area (Å²) in [7, 11) is 0. The summed E-state index contributed by atoms with van der Waals surface area (Å²) < 4.78 is 0. The minimum absolute atomic E-state index is 0.217. The highest BCUT2D eigenvalue weighted by Gasteiger charge is 2.22. The molecule has 0 radical (unpaired) electrons. The molecule has 110 valence electrons. The van der Waals surface area contributed by atoms with Crippen molar-refractivity contribution in [1.82, 2.24) is 9.88 Å². The maximum absolute atomic E-state index is 12.2. The van der Waals surface area contributed by atoms with Gasteiger partial charge in [-0.05, 0) is 24.8 Å². The van der Waals surface area contributed by atoms with Gasteiger partial charge in [0.2, 0.25) is 5.91 Å². The standard InChI is InChI=1S/C15H20Cl2N2O/c1-2-3-11-4-5-15(20)19(7-6-11)10-12-9-18-14(17)8-13(12)16/h8-9,11H,2-7,10H2,1H3. The predicted molar refractivity (Wildman–Crippen MR) is 81.9 cm³/mol. The lowest BCUT2D eigenvalue weighted by Gasteiger charge is -2.21. The first-order valence-corrected chi connectivity index (χ1v) is 7.93. The van der Waals surface area contributed by atoms with Crippen molar-refractivity contribution in [3.63, 3.8) is 0 Å². The van der Waals surface area contributed by atoms with E-state index in [-0.39, 0.29) is 5.91 Å². The summed E-state index contributed by atoms with van der Waals surface area (Å²) in [5.74, 6) is 0.891. The van der Waals surface area contributed by atoms with Gasteiger partial charge < -0.3 is 4.90 Å². The van der Waals surface area contributed by atoms with Crippen molar-refractivity contribution in [3.8, 4) is 0 Å². The second-order valence-electron chi connectivity index (χ2n) is 5.40. The van der Waals surface area contributed by atoms with Gasteiger partial charge in [-0.1, -0.05) is 43.0 Å². The Kier molecular flexibility index (Phi) is 5.67. The summed E-state index contributed by atoms with van der Waals surface area (Å²) in [6.45, 7) is 3.53. The Balaban J connectivity index is 2.02. The van der Waals surface area contributed by atoms with Crippen LogP contribution in [-0.2, 0) is 11.3 Å². The molecule has 1 aromatic rings. The van der Waals surface area contributed by atoms with E-state index in [4.69, 9.17) is 23.2 Å². The Bertz CT molecular complexity index is 479. The zero-order valence-electron chi connectivity index (χ0n) is 11.7. The quantitative estimate of drug-likeness (QED) is 0.775. The lowest BCUT2D eigenvalue weighted by atomic mass is 9.96. The van der Waals surface area contributed by atoms with Crippen LogP contribution >= 0.6 is 23.2 Å². The van der Waals surface area contributed by atoms with Crippen molar-refractivity contribution < 1.29 is 4.79 Å². The second kappa shape index (κ2) is 7.28. The average Bonchev–Trinajstić information content (AvgIpc) is 2.57. The number of amides is 1. The van der Waals surface area contributed by atoms with Crippen molar-refractivity contribution in [1.29, 1.82) is 0 Å². The molecule has 0 bridgehead atoms. The highest BCUT2D eigenvalue weighted by Crippen LogP contribution is 2.25. The molecule has 0 aromatic carbocycles. The van der Waals surface area contributed by atoms with Gasteiger partial charge in [0.15, 0.2) is 0 Å². The lowest BCUT2D eigenvalue weighted by Crippen LogP contribution is -2.30. The first-order chi connectivity index (χ1) is 9.60. The van der Waals surface area contributed by atoms with Gasteiger partial charge in [0.1, 0.15) is 5.15 Å². The molecule has 1 atom stereocenters. The smallest absolute Gasteiger partial charge is 0.222 e. The molecule has 2 rings (SSSR count).